The van der Waals surface area contributed by atoms with Crippen LogP contribution in [0.4, 0.5) is 0 Å². The number of carbonyl (C=O) groups excluding carboxylic acids is 1. The van der Waals surface area contributed by atoms with Crippen LogP contribution in [-0.4, -0.2) is 23.9 Å². The van der Waals surface area contributed by atoms with Gasteiger partial charge in [-0.25, -0.2) is 0 Å². The minimum absolute atomic E-state index is 0.0620. The molecule has 0 aromatic carbocycles. The third-order valence-corrected chi connectivity index (χ3v) is 3.47. The van der Waals surface area contributed by atoms with E-state index in [-0.39, 0.29) is 16.7 Å². The first-order chi connectivity index (χ1) is 7.59. The highest BCUT2D eigenvalue weighted by Crippen LogP contribution is 2.41. The van der Waals surface area contributed by atoms with Crippen molar-refractivity contribution < 1.29 is 4.79 Å². The van der Waals surface area contributed by atoms with Gasteiger partial charge in [0, 0.05) is 18.7 Å². The number of hydrogen-bond donors (Lipinski definition) is 0. The van der Waals surface area contributed by atoms with Crippen molar-refractivity contribution in [1.82, 2.24) is 4.90 Å². The zero-order valence-corrected chi connectivity index (χ0v) is 12.5. The van der Waals surface area contributed by atoms with Crippen molar-refractivity contribution in [2.45, 2.75) is 54.9 Å². The molecule has 0 spiro atoms. The molecule has 17 heavy (non-hydrogen) atoms. The molecule has 0 saturated carbocycles. The number of hydrogen-bond acceptors (Lipinski definition) is 1. The fraction of sp³-hybridized carbons (Fsp3) is 0.800. The first-order valence-electron chi connectivity index (χ1n) is 6.62. The maximum atomic E-state index is 12.5. The lowest BCUT2D eigenvalue weighted by Crippen LogP contribution is -2.42. The summed E-state index contributed by atoms with van der Waals surface area (Å²) in [6, 6.07) is 0. The lowest BCUT2D eigenvalue weighted by molar-refractivity contribution is -0.129. The van der Waals surface area contributed by atoms with Crippen molar-refractivity contribution in [1.29, 1.82) is 0 Å². The van der Waals surface area contributed by atoms with Gasteiger partial charge < -0.3 is 4.90 Å². The van der Waals surface area contributed by atoms with Crippen LogP contribution in [0.15, 0.2) is 11.1 Å². The highest BCUT2D eigenvalue weighted by Gasteiger charge is 2.37. The Morgan fingerprint density at radius 1 is 1.06 bits per heavy atom. The number of nitrogens with zero attached hydrogens (tertiary/aromatic N) is 1. The van der Waals surface area contributed by atoms with Gasteiger partial charge in [-0.2, -0.15) is 0 Å². The van der Waals surface area contributed by atoms with Gasteiger partial charge in [0.1, 0.15) is 0 Å². The highest BCUT2D eigenvalue weighted by atomic mass is 16.2. The van der Waals surface area contributed by atoms with Crippen LogP contribution < -0.4 is 0 Å². The molecule has 1 amide bonds. The first kappa shape index (κ1) is 14.3. The summed E-state index contributed by atoms with van der Waals surface area (Å²) in [5.74, 6) is 0.246. The molecular weight excluding hydrogens is 210 g/mol. The van der Waals surface area contributed by atoms with Crippen LogP contribution in [0.3, 0.4) is 0 Å². The Kier molecular flexibility index (Phi) is 3.75. The second-order valence-corrected chi connectivity index (χ2v) is 6.99. The molecule has 2 heteroatoms. The summed E-state index contributed by atoms with van der Waals surface area (Å²) < 4.78 is 0. The minimum Gasteiger partial charge on any atom is -0.339 e. The molecule has 0 aromatic rings. The molecule has 1 aliphatic rings. The van der Waals surface area contributed by atoms with Gasteiger partial charge in [-0.1, -0.05) is 47.1 Å². The van der Waals surface area contributed by atoms with E-state index in [2.05, 4.69) is 48.5 Å². The quantitative estimate of drug-likeness (QED) is 0.682. The van der Waals surface area contributed by atoms with E-state index in [4.69, 9.17) is 0 Å². The van der Waals surface area contributed by atoms with Crippen molar-refractivity contribution >= 4 is 5.91 Å². The van der Waals surface area contributed by atoms with Crippen LogP contribution in [0, 0.1) is 10.8 Å². The van der Waals surface area contributed by atoms with Gasteiger partial charge in [0.05, 0.1) is 0 Å². The van der Waals surface area contributed by atoms with Gasteiger partial charge in [0.2, 0.25) is 5.91 Å². The van der Waals surface area contributed by atoms with Gasteiger partial charge in [-0.05, 0) is 24.2 Å². The Hall–Kier alpha value is -0.790. The molecule has 1 aliphatic heterocycles. The largest absolute Gasteiger partial charge is 0.339 e. The Bertz CT molecular complexity index is 339. The second kappa shape index (κ2) is 4.47. The van der Waals surface area contributed by atoms with Crippen LogP contribution >= 0.6 is 0 Å². The van der Waals surface area contributed by atoms with Crippen LogP contribution in [0.25, 0.3) is 0 Å². The number of likely N-dealkylation sites (N-methyl/N-ethyl adjacent to an activating group) is 1. The zero-order chi connectivity index (χ0) is 13.4. The van der Waals surface area contributed by atoms with Crippen molar-refractivity contribution in [3.8, 4) is 0 Å². The molecule has 0 bridgehead atoms. The summed E-state index contributed by atoms with van der Waals surface area (Å²) in [7, 11) is 0. The predicted octanol–water partition coefficient (Wildman–Crippen LogP) is 3.63. The Labute approximate surface area is 106 Å². The van der Waals surface area contributed by atoms with E-state index >= 15 is 0 Å². The van der Waals surface area contributed by atoms with Crippen LogP contribution in [-0.2, 0) is 4.79 Å². The van der Waals surface area contributed by atoms with E-state index in [0.717, 1.165) is 25.1 Å². The summed E-state index contributed by atoms with van der Waals surface area (Å²) in [5, 5.41) is 0. The van der Waals surface area contributed by atoms with Crippen molar-refractivity contribution in [3.05, 3.63) is 11.1 Å². The molecule has 98 valence electrons. The van der Waals surface area contributed by atoms with Gasteiger partial charge in [-0.3, -0.25) is 4.79 Å². The molecule has 1 heterocycles. The summed E-state index contributed by atoms with van der Waals surface area (Å²) in [4.78, 5) is 14.5. The molecule has 1 rings (SSSR count). The smallest absolute Gasteiger partial charge is 0.250 e. The normalized spacial score (nSPS) is 19.0. The van der Waals surface area contributed by atoms with E-state index in [0.29, 0.717) is 0 Å². The fourth-order valence-electron chi connectivity index (χ4n) is 2.59. The fourth-order valence-corrected chi connectivity index (χ4v) is 2.59. The third kappa shape index (κ3) is 2.91. The maximum absolute atomic E-state index is 12.5. The topological polar surface area (TPSA) is 20.3 Å². The van der Waals surface area contributed by atoms with Gasteiger partial charge in [0.15, 0.2) is 0 Å². The number of amides is 1. The van der Waals surface area contributed by atoms with E-state index in [1.807, 2.05) is 4.90 Å². The Morgan fingerprint density at radius 2 is 1.59 bits per heavy atom. The van der Waals surface area contributed by atoms with E-state index in [9.17, 15) is 4.79 Å². The molecule has 0 atom stereocenters. The molecule has 2 nitrogen and oxygen atoms in total. The third-order valence-electron chi connectivity index (χ3n) is 3.47. The summed E-state index contributed by atoms with van der Waals surface area (Å²) >= 11 is 0. The van der Waals surface area contributed by atoms with E-state index in [1.165, 1.54) is 5.57 Å². The van der Waals surface area contributed by atoms with Crippen molar-refractivity contribution in [2.75, 3.05) is 13.1 Å². The van der Waals surface area contributed by atoms with Crippen molar-refractivity contribution in [3.63, 3.8) is 0 Å². The summed E-state index contributed by atoms with van der Waals surface area (Å²) in [6.45, 7) is 16.8. The Balaban J connectivity index is 3.32. The number of carbonyl (C=O) groups is 1. The highest BCUT2D eigenvalue weighted by molar-refractivity contribution is 5.96. The zero-order valence-electron chi connectivity index (χ0n) is 12.5. The van der Waals surface area contributed by atoms with Gasteiger partial charge >= 0.3 is 0 Å². The summed E-state index contributed by atoms with van der Waals surface area (Å²) in [5.41, 5.74) is 2.42. The van der Waals surface area contributed by atoms with E-state index in [1.54, 1.807) is 0 Å². The molecule has 0 aliphatic carbocycles. The molecule has 0 unspecified atom stereocenters. The van der Waals surface area contributed by atoms with Crippen LogP contribution in [0.1, 0.15) is 54.9 Å². The van der Waals surface area contributed by atoms with Crippen LogP contribution in [0.5, 0.6) is 0 Å². The standard InChI is InChI=1S/C15H27NO/c1-8-16-10-9-11(14(2,3)4)12(13(16)17)15(5,6)7/h8-10H2,1-7H3. The SMILES string of the molecule is CCN1CCC(C(C)(C)C)=C(C(C)(C)C)C1=O. The lowest BCUT2D eigenvalue weighted by atomic mass is 9.72. The average Bonchev–Trinajstić information content (AvgIpc) is 2.13. The van der Waals surface area contributed by atoms with Crippen LogP contribution in [0.2, 0.25) is 0 Å². The molecule has 0 N–H and O–H groups in total. The minimum atomic E-state index is -0.0620. The summed E-state index contributed by atoms with van der Waals surface area (Å²) in [6.07, 6.45) is 1.02. The molecule has 0 saturated heterocycles. The average molecular weight is 237 g/mol. The Morgan fingerprint density at radius 3 is 1.94 bits per heavy atom. The van der Waals surface area contributed by atoms with Gasteiger partial charge in [0.25, 0.3) is 0 Å². The molecular formula is C15H27NO. The predicted molar refractivity (Wildman–Crippen MR) is 72.8 cm³/mol. The lowest BCUT2D eigenvalue weighted by Gasteiger charge is -2.39. The molecule has 0 aromatic heterocycles. The monoisotopic (exact) mass is 237 g/mol. The molecule has 0 radical (unpaired) electrons. The number of rotatable bonds is 1. The second-order valence-electron chi connectivity index (χ2n) is 6.99. The van der Waals surface area contributed by atoms with E-state index < -0.39 is 0 Å². The van der Waals surface area contributed by atoms with Gasteiger partial charge in [-0.15, -0.1) is 0 Å². The first-order valence-corrected chi connectivity index (χ1v) is 6.62. The van der Waals surface area contributed by atoms with Crippen molar-refractivity contribution in [2.24, 2.45) is 10.8 Å². The molecule has 0 fully saturated rings. The maximum Gasteiger partial charge on any atom is 0.250 e.